The number of rotatable bonds is 1. The van der Waals surface area contributed by atoms with Gasteiger partial charge in [-0.1, -0.05) is 52.4 Å². The maximum atomic E-state index is 2.42. The molecule has 10 heavy (non-hydrogen) atoms. The molecule has 0 N–H and O–H groups in total. The maximum absolute atomic E-state index is 2.42. The van der Waals surface area contributed by atoms with Crippen LogP contribution < -0.4 is 0 Å². The summed E-state index contributed by atoms with van der Waals surface area (Å²) in [6, 6.07) is 8.69. The standard InChI is InChI=1S/C9H11I/c1-7-3-5-9(6-4-7)8(2)10/h3-6,8H,1-2H3/t8-/m0/s1. The zero-order chi connectivity index (χ0) is 7.56. The van der Waals surface area contributed by atoms with Crippen molar-refractivity contribution in [3.05, 3.63) is 35.4 Å². The molecule has 1 aromatic carbocycles. The van der Waals surface area contributed by atoms with Gasteiger partial charge in [-0.05, 0) is 19.4 Å². The lowest BCUT2D eigenvalue weighted by Gasteiger charge is -2.02. The summed E-state index contributed by atoms with van der Waals surface area (Å²) in [6.45, 7) is 4.31. The van der Waals surface area contributed by atoms with E-state index < -0.39 is 0 Å². The number of alkyl halides is 1. The van der Waals surface area contributed by atoms with Crippen LogP contribution >= 0.6 is 22.6 Å². The fraction of sp³-hybridized carbons (Fsp3) is 0.333. The van der Waals surface area contributed by atoms with Gasteiger partial charge in [-0.15, -0.1) is 0 Å². The summed E-state index contributed by atoms with van der Waals surface area (Å²) < 4.78 is 0.623. The van der Waals surface area contributed by atoms with E-state index in [1.54, 1.807) is 0 Å². The molecule has 0 unspecified atom stereocenters. The van der Waals surface area contributed by atoms with E-state index in [4.69, 9.17) is 0 Å². The van der Waals surface area contributed by atoms with Crippen LogP contribution in [0.25, 0.3) is 0 Å². The van der Waals surface area contributed by atoms with Gasteiger partial charge in [-0.3, -0.25) is 0 Å². The summed E-state index contributed by atoms with van der Waals surface area (Å²) in [5.41, 5.74) is 2.74. The van der Waals surface area contributed by atoms with Crippen molar-refractivity contribution in [2.45, 2.75) is 17.8 Å². The molecule has 0 aliphatic heterocycles. The molecule has 54 valence electrons. The lowest BCUT2D eigenvalue weighted by atomic mass is 10.1. The highest BCUT2D eigenvalue weighted by molar-refractivity contribution is 14.1. The van der Waals surface area contributed by atoms with Gasteiger partial charge in [0, 0.05) is 3.92 Å². The molecule has 1 rings (SSSR count). The quantitative estimate of drug-likeness (QED) is 0.525. The van der Waals surface area contributed by atoms with E-state index in [0.717, 1.165) is 0 Å². The third-order valence-corrected chi connectivity index (χ3v) is 2.26. The molecule has 0 aliphatic rings. The molecule has 0 aliphatic carbocycles. The summed E-state index contributed by atoms with van der Waals surface area (Å²) in [5, 5.41) is 0. The molecule has 0 aromatic heterocycles. The van der Waals surface area contributed by atoms with Crippen LogP contribution in [-0.2, 0) is 0 Å². The van der Waals surface area contributed by atoms with Gasteiger partial charge < -0.3 is 0 Å². The average molecular weight is 246 g/mol. The summed E-state index contributed by atoms with van der Waals surface area (Å²) in [6.07, 6.45) is 0. The third kappa shape index (κ3) is 1.97. The van der Waals surface area contributed by atoms with Crippen molar-refractivity contribution in [3.8, 4) is 0 Å². The lowest BCUT2D eigenvalue weighted by Crippen LogP contribution is -1.81. The van der Waals surface area contributed by atoms with E-state index in [1.165, 1.54) is 11.1 Å². The summed E-state index contributed by atoms with van der Waals surface area (Å²) in [5.74, 6) is 0. The van der Waals surface area contributed by atoms with Crippen LogP contribution in [-0.4, -0.2) is 0 Å². The summed E-state index contributed by atoms with van der Waals surface area (Å²) >= 11 is 2.42. The second kappa shape index (κ2) is 3.37. The SMILES string of the molecule is Cc1ccc([C@H](C)I)cc1. The van der Waals surface area contributed by atoms with Crippen LogP contribution in [0.5, 0.6) is 0 Å². The topological polar surface area (TPSA) is 0 Å². The molecule has 1 heteroatoms. The first-order valence-electron chi connectivity index (χ1n) is 3.41. The van der Waals surface area contributed by atoms with E-state index in [-0.39, 0.29) is 0 Å². The Morgan fingerprint density at radius 2 is 1.70 bits per heavy atom. The number of benzene rings is 1. The lowest BCUT2D eigenvalue weighted by molar-refractivity contribution is 1.14. The van der Waals surface area contributed by atoms with Crippen molar-refractivity contribution in [1.29, 1.82) is 0 Å². The van der Waals surface area contributed by atoms with Gasteiger partial charge >= 0.3 is 0 Å². The number of aryl methyl sites for hydroxylation is 1. The minimum absolute atomic E-state index is 0.623. The Morgan fingerprint density at radius 3 is 2.10 bits per heavy atom. The van der Waals surface area contributed by atoms with Gasteiger partial charge in [0.15, 0.2) is 0 Å². The van der Waals surface area contributed by atoms with E-state index in [0.29, 0.717) is 3.92 Å². The first kappa shape index (κ1) is 8.05. The van der Waals surface area contributed by atoms with Gasteiger partial charge in [0.2, 0.25) is 0 Å². The molecule has 0 heterocycles. The molecule has 0 saturated heterocycles. The van der Waals surface area contributed by atoms with Gasteiger partial charge in [-0.2, -0.15) is 0 Å². The summed E-state index contributed by atoms with van der Waals surface area (Å²) in [4.78, 5) is 0. The zero-order valence-corrected chi connectivity index (χ0v) is 8.42. The van der Waals surface area contributed by atoms with E-state index >= 15 is 0 Å². The Kier molecular flexibility index (Phi) is 2.72. The first-order valence-corrected chi connectivity index (χ1v) is 4.65. The predicted molar refractivity (Wildman–Crippen MR) is 53.6 cm³/mol. The number of halogens is 1. The maximum Gasteiger partial charge on any atom is 0.0331 e. The van der Waals surface area contributed by atoms with E-state index in [9.17, 15) is 0 Å². The number of hydrogen-bond acceptors (Lipinski definition) is 0. The van der Waals surface area contributed by atoms with Crippen LogP contribution in [0.3, 0.4) is 0 Å². The van der Waals surface area contributed by atoms with Crippen LogP contribution in [0.4, 0.5) is 0 Å². The Balaban J connectivity index is 2.89. The minimum atomic E-state index is 0.623. The molecule has 0 fully saturated rings. The first-order chi connectivity index (χ1) is 4.70. The van der Waals surface area contributed by atoms with Crippen molar-refractivity contribution in [2.75, 3.05) is 0 Å². The zero-order valence-electron chi connectivity index (χ0n) is 6.26. The normalized spacial score (nSPS) is 13.1. The minimum Gasteiger partial charge on any atom is -0.0777 e. The van der Waals surface area contributed by atoms with Gasteiger partial charge in [-0.25, -0.2) is 0 Å². The molecule has 0 nitrogen and oxygen atoms in total. The van der Waals surface area contributed by atoms with Gasteiger partial charge in [0.25, 0.3) is 0 Å². The predicted octanol–water partition coefficient (Wildman–Crippen LogP) is 3.49. The number of hydrogen-bond donors (Lipinski definition) is 0. The monoisotopic (exact) mass is 246 g/mol. The fourth-order valence-electron chi connectivity index (χ4n) is 0.832. The van der Waals surface area contributed by atoms with Crippen molar-refractivity contribution in [3.63, 3.8) is 0 Å². The summed E-state index contributed by atoms with van der Waals surface area (Å²) in [7, 11) is 0. The van der Waals surface area contributed by atoms with Gasteiger partial charge in [0.1, 0.15) is 0 Å². The van der Waals surface area contributed by atoms with Crippen molar-refractivity contribution >= 4 is 22.6 Å². The highest BCUT2D eigenvalue weighted by Gasteiger charge is 1.97. The van der Waals surface area contributed by atoms with Crippen LogP contribution in [0.15, 0.2) is 24.3 Å². The average Bonchev–Trinajstić information content (AvgIpc) is 1.88. The molecule has 0 radical (unpaired) electrons. The van der Waals surface area contributed by atoms with E-state index in [2.05, 4.69) is 60.7 Å². The Labute approximate surface area is 75.8 Å². The second-order valence-electron chi connectivity index (χ2n) is 2.53. The van der Waals surface area contributed by atoms with E-state index in [1.807, 2.05) is 0 Å². The second-order valence-corrected chi connectivity index (χ2v) is 4.40. The van der Waals surface area contributed by atoms with Gasteiger partial charge in [0.05, 0.1) is 0 Å². The fourth-order valence-corrected chi connectivity index (χ4v) is 1.25. The Bertz CT molecular complexity index is 198. The van der Waals surface area contributed by atoms with Crippen molar-refractivity contribution in [1.82, 2.24) is 0 Å². The molecule has 0 spiro atoms. The third-order valence-electron chi connectivity index (χ3n) is 1.54. The molecular formula is C9H11I. The van der Waals surface area contributed by atoms with Crippen LogP contribution in [0.1, 0.15) is 22.0 Å². The Morgan fingerprint density at radius 1 is 1.20 bits per heavy atom. The highest BCUT2D eigenvalue weighted by atomic mass is 127. The van der Waals surface area contributed by atoms with Crippen LogP contribution in [0, 0.1) is 6.92 Å². The molecular weight excluding hydrogens is 235 g/mol. The van der Waals surface area contributed by atoms with Crippen LogP contribution in [0.2, 0.25) is 0 Å². The molecule has 1 atom stereocenters. The molecule has 0 amide bonds. The van der Waals surface area contributed by atoms with Crippen molar-refractivity contribution < 1.29 is 0 Å². The largest absolute Gasteiger partial charge is 0.0777 e. The molecule has 1 aromatic rings. The Hall–Kier alpha value is -0.0500. The smallest absolute Gasteiger partial charge is 0.0331 e. The molecule has 0 bridgehead atoms. The van der Waals surface area contributed by atoms with Crippen molar-refractivity contribution in [2.24, 2.45) is 0 Å². The highest BCUT2D eigenvalue weighted by Crippen LogP contribution is 2.21. The molecule has 0 saturated carbocycles.